The molecule has 0 saturated heterocycles. The summed E-state index contributed by atoms with van der Waals surface area (Å²) < 4.78 is 12.9. The van der Waals surface area contributed by atoms with Crippen molar-refractivity contribution in [1.82, 2.24) is 4.98 Å². The van der Waals surface area contributed by atoms with Gasteiger partial charge in [-0.3, -0.25) is 4.98 Å². The van der Waals surface area contributed by atoms with Crippen LogP contribution in [0, 0.1) is 11.7 Å². The van der Waals surface area contributed by atoms with E-state index in [-0.39, 0.29) is 5.82 Å². The molecule has 0 radical (unpaired) electrons. The van der Waals surface area contributed by atoms with Crippen molar-refractivity contribution in [2.45, 2.75) is 32.7 Å². The van der Waals surface area contributed by atoms with Gasteiger partial charge in [0.05, 0.1) is 6.20 Å². The van der Waals surface area contributed by atoms with Gasteiger partial charge in [-0.25, -0.2) is 4.39 Å². The quantitative estimate of drug-likeness (QED) is 0.806. The number of hydrogen-bond donors (Lipinski definition) is 1. The molecule has 2 atom stereocenters. The molecular formula is C11H17FN2. The zero-order valence-electron chi connectivity index (χ0n) is 8.92. The summed E-state index contributed by atoms with van der Waals surface area (Å²) in [4.78, 5) is 3.81. The van der Waals surface area contributed by atoms with Gasteiger partial charge < -0.3 is 5.73 Å². The van der Waals surface area contributed by atoms with Crippen LogP contribution in [0.2, 0.25) is 0 Å². The van der Waals surface area contributed by atoms with E-state index in [4.69, 9.17) is 5.73 Å². The van der Waals surface area contributed by atoms with Crippen LogP contribution in [-0.2, 0) is 5.54 Å². The first kappa shape index (κ1) is 11.1. The average molecular weight is 196 g/mol. The van der Waals surface area contributed by atoms with E-state index >= 15 is 0 Å². The van der Waals surface area contributed by atoms with Crippen LogP contribution in [-0.4, -0.2) is 4.98 Å². The largest absolute Gasteiger partial charge is 0.321 e. The average Bonchev–Trinajstić information content (AvgIpc) is 2.16. The third kappa shape index (κ3) is 2.10. The molecule has 1 aromatic heterocycles. The first-order valence-electron chi connectivity index (χ1n) is 4.88. The van der Waals surface area contributed by atoms with Crippen LogP contribution in [0.5, 0.6) is 0 Å². The summed E-state index contributed by atoms with van der Waals surface area (Å²) in [7, 11) is 0. The van der Waals surface area contributed by atoms with E-state index in [9.17, 15) is 4.39 Å². The second-order valence-electron chi connectivity index (χ2n) is 3.98. The van der Waals surface area contributed by atoms with E-state index in [0.29, 0.717) is 5.92 Å². The van der Waals surface area contributed by atoms with Crippen LogP contribution >= 0.6 is 0 Å². The molecule has 0 aliphatic carbocycles. The molecule has 0 saturated carbocycles. The normalized spacial score (nSPS) is 17.5. The third-order valence-electron chi connectivity index (χ3n) is 2.96. The van der Waals surface area contributed by atoms with Gasteiger partial charge in [-0.2, -0.15) is 0 Å². The molecule has 0 aliphatic rings. The molecule has 0 aliphatic heterocycles. The van der Waals surface area contributed by atoms with Crippen molar-refractivity contribution in [2.75, 3.05) is 0 Å². The Morgan fingerprint density at radius 2 is 2.21 bits per heavy atom. The van der Waals surface area contributed by atoms with Crippen molar-refractivity contribution in [3.8, 4) is 0 Å². The summed E-state index contributed by atoms with van der Waals surface area (Å²) in [5.41, 5.74) is 6.40. The molecule has 2 unspecified atom stereocenters. The minimum Gasteiger partial charge on any atom is -0.321 e. The molecule has 78 valence electrons. The molecular weight excluding hydrogens is 179 g/mol. The monoisotopic (exact) mass is 196 g/mol. The van der Waals surface area contributed by atoms with Crippen LogP contribution in [0.25, 0.3) is 0 Å². The molecule has 0 fully saturated rings. The lowest BCUT2D eigenvalue weighted by Crippen LogP contribution is -2.39. The summed E-state index contributed by atoms with van der Waals surface area (Å²) in [6.45, 7) is 6.05. The number of hydrogen-bond acceptors (Lipinski definition) is 2. The van der Waals surface area contributed by atoms with Crippen LogP contribution in [0.1, 0.15) is 32.8 Å². The fourth-order valence-electron chi connectivity index (χ4n) is 1.42. The molecule has 3 heteroatoms. The highest BCUT2D eigenvalue weighted by atomic mass is 19.1. The van der Waals surface area contributed by atoms with Gasteiger partial charge in [0.1, 0.15) is 5.82 Å². The van der Waals surface area contributed by atoms with Crippen molar-refractivity contribution in [1.29, 1.82) is 0 Å². The SMILES string of the molecule is CCC(C)C(C)(N)c1cncc(F)c1. The van der Waals surface area contributed by atoms with Crippen molar-refractivity contribution in [2.24, 2.45) is 11.7 Å². The number of nitrogens with zero attached hydrogens (tertiary/aromatic N) is 1. The van der Waals surface area contributed by atoms with E-state index in [2.05, 4.69) is 18.8 Å². The number of aromatic nitrogens is 1. The second kappa shape index (κ2) is 4.05. The summed E-state index contributed by atoms with van der Waals surface area (Å²) >= 11 is 0. The van der Waals surface area contributed by atoms with E-state index in [1.165, 1.54) is 12.3 Å². The van der Waals surface area contributed by atoms with Gasteiger partial charge in [-0.1, -0.05) is 20.3 Å². The van der Waals surface area contributed by atoms with E-state index < -0.39 is 5.54 Å². The molecule has 2 nitrogen and oxygen atoms in total. The number of pyridine rings is 1. The Labute approximate surface area is 84.3 Å². The topological polar surface area (TPSA) is 38.9 Å². The minimum absolute atomic E-state index is 0.297. The Morgan fingerprint density at radius 1 is 1.57 bits per heavy atom. The van der Waals surface area contributed by atoms with Gasteiger partial charge in [0.2, 0.25) is 0 Å². The Kier molecular flexibility index (Phi) is 3.21. The molecule has 14 heavy (non-hydrogen) atoms. The fraction of sp³-hybridized carbons (Fsp3) is 0.545. The highest BCUT2D eigenvalue weighted by Crippen LogP contribution is 2.28. The first-order valence-corrected chi connectivity index (χ1v) is 4.88. The maximum absolute atomic E-state index is 12.9. The van der Waals surface area contributed by atoms with Crippen molar-refractivity contribution >= 4 is 0 Å². The first-order chi connectivity index (χ1) is 6.48. The molecule has 1 rings (SSSR count). The van der Waals surface area contributed by atoms with Crippen molar-refractivity contribution in [3.63, 3.8) is 0 Å². The Bertz CT molecular complexity index is 310. The molecule has 0 aromatic carbocycles. The number of halogens is 1. The van der Waals surface area contributed by atoms with Gasteiger partial charge in [0.15, 0.2) is 0 Å². The minimum atomic E-state index is -0.510. The predicted molar refractivity (Wildman–Crippen MR) is 55.2 cm³/mol. The zero-order chi connectivity index (χ0) is 10.8. The lowest BCUT2D eigenvalue weighted by Gasteiger charge is -2.31. The Hall–Kier alpha value is -0.960. The summed E-state index contributed by atoms with van der Waals surface area (Å²) in [5.74, 6) is -0.0337. The molecule has 0 bridgehead atoms. The smallest absolute Gasteiger partial charge is 0.141 e. The van der Waals surface area contributed by atoms with Gasteiger partial charge in [0.25, 0.3) is 0 Å². The lowest BCUT2D eigenvalue weighted by molar-refractivity contribution is 0.314. The molecule has 1 heterocycles. The molecule has 1 aromatic rings. The van der Waals surface area contributed by atoms with Gasteiger partial charge in [0, 0.05) is 11.7 Å². The van der Waals surface area contributed by atoms with Crippen LogP contribution in [0.3, 0.4) is 0 Å². The fourth-order valence-corrected chi connectivity index (χ4v) is 1.42. The van der Waals surface area contributed by atoms with Gasteiger partial charge in [-0.15, -0.1) is 0 Å². The third-order valence-corrected chi connectivity index (χ3v) is 2.96. The zero-order valence-corrected chi connectivity index (χ0v) is 8.92. The highest BCUT2D eigenvalue weighted by Gasteiger charge is 2.27. The lowest BCUT2D eigenvalue weighted by atomic mass is 9.81. The maximum Gasteiger partial charge on any atom is 0.141 e. The van der Waals surface area contributed by atoms with Crippen molar-refractivity contribution < 1.29 is 4.39 Å². The highest BCUT2D eigenvalue weighted by molar-refractivity contribution is 5.20. The molecule has 0 amide bonds. The van der Waals surface area contributed by atoms with Crippen LogP contribution in [0.15, 0.2) is 18.5 Å². The standard InChI is InChI=1S/C11H17FN2/c1-4-8(2)11(3,13)9-5-10(12)7-14-6-9/h5-8H,4,13H2,1-3H3. The maximum atomic E-state index is 12.9. The summed E-state index contributed by atoms with van der Waals surface area (Å²) in [6, 6.07) is 1.46. The Morgan fingerprint density at radius 3 is 2.71 bits per heavy atom. The second-order valence-corrected chi connectivity index (χ2v) is 3.98. The van der Waals surface area contributed by atoms with Crippen LogP contribution in [0.4, 0.5) is 4.39 Å². The number of nitrogens with two attached hydrogens (primary N) is 1. The van der Waals surface area contributed by atoms with Gasteiger partial charge >= 0.3 is 0 Å². The summed E-state index contributed by atoms with van der Waals surface area (Å²) in [6.07, 6.45) is 3.79. The summed E-state index contributed by atoms with van der Waals surface area (Å²) in [5, 5.41) is 0. The predicted octanol–water partition coefficient (Wildman–Crippen LogP) is 2.44. The Balaban J connectivity index is 3.03. The molecule has 0 spiro atoms. The van der Waals surface area contributed by atoms with Gasteiger partial charge in [-0.05, 0) is 24.5 Å². The molecule has 2 N–H and O–H groups in total. The van der Waals surface area contributed by atoms with Crippen LogP contribution < -0.4 is 5.73 Å². The van der Waals surface area contributed by atoms with E-state index in [0.717, 1.165) is 12.0 Å². The van der Waals surface area contributed by atoms with Crippen molar-refractivity contribution in [3.05, 3.63) is 29.8 Å². The van der Waals surface area contributed by atoms with E-state index in [1.54, 1.807) is 6.20 Å². The number of rotatable bonds is 3. The van der Waals surface area contributed by atoms with E-state index in [1.807, 2.05) is 6.92 Å².